The first-order valence-electron chi connectivity index (χ1n) is 7.53. The third kappa shape index (κ3) is 5.61. The number of carbonyl (C=O) groups is 1. The normalized spacial score (nSPS) is 11.9. The first kappa shape index (κ1) is 19.6. The number of carbonyl (C=O) groups excluding carboxylic acids is 1. The SMILES string of the molecule is CC(C)Cc1ccc(C(C)NC(=O)c2csc(CN)n2)cc1.Cl. The van der Waals surface area contributed by atoms with Crippen LogP contribution in [0.1, 0.15) is 53.4 Å². The van der Waals surface area contributed by atoms with Gasteiger partial charge < -0.3 is 11.1 Å². The molecule has 6 heteroatoms. The van der Waals surface area contributed by atoms with Gasteiger partial charge in [-0.3, -0.25) is 4.79 Å². The molecule has 0 aliphatic rings. The highest BCUT2D eigenvalue weighted by atomic mass is 35.5. The summed E-state index contributed by atoms with van der Waals surface area (Å²) in [6, 6.07) is 8.37. The summed E-state index contributed by atoms with van der Waals surface area (Å²) in [4.78, 5) is 16.4. The van der Waals surface area contributed by atoms with E-state index < -0.39 is 0 Å². The van der Waals surface area contributed by atoms with E-state index in [0.29, 0.717) is 18.2 Å². The van der Waals surface area contributed by atoms with Crippen LogP contribution >= 0.6 is 23.7 Å². The van der Waals surface area contributed by atoms with Crippen molar-refractivity contribution in [3.63, 3.8) is 0 Å². The monoisotopic (exact) mass is 353 g/mol. The quantitative estimate of drug-likeness (QED) is 0.831. The second-order valence-electron chi connectivity index (χ2n) is 5.87. The van der Waals surface area contributed by atoms with Crippen molar-refractivity contribution in [3.8, 4) is 0 Å². The van der Waals surface area contributed by atoms with Gasteiger partial charge in [0.25, 0.3) is 5.91 Å². The first-order chi connectivity index (χ1) is 10.5. The molecule has 0 fully saturated rings. The van der Waals surface area contributed by atoms with Gasteiger partial charge in [0.2, 0.25) is 0 Å². The van der Waals surface area contributed by atoms with E-state index in [4.69, 9.17) is 5.73 Å². The Morgan fingerprint density at radius 3 is 2.43 bits per heavy atom. The van der Waals surface area contributed by atoms with Crippen LogP contribution in [0.4, 0.5) is 0 Å². The van der Waals surface area contributed by atoms with Gasteiger partial charge >= 0.3 is 0 Å². The molecule has 0 radical (unpaired) electrons. The summed E-state index contributed by atoms with van der Waals surface area (Å²) in [5.41, 5.74) is 8.38. The van der Waals surface area contributed by atoms with E-state index in [1.54, 1.807) is 5.38 Å². The molecule has 126 valence electrons. The molecule has 1 unspecified atom stereocenters. The maximum atomic E-state index is 12.2. The topological polar surface area (TPSA) is 68.0 Å². The van der Waals surface area contributed by atoms with Gasteiger partial charge in [-0.05, 0) is 30.4 Å². The summed E-state index contributed by atoms with van der Waals surface area (Å²) in [5, 5.41) is 5.49. The number of aromatic nitrogens is 1. The lowest BCUT2D eigenvalue weighted by Crippen LogP contribution is -2.27. The van der Waals surface area contributed by atoms with Gasteiger partial charge in [0.15, 0.2) is 0 Å². The van der Waals surface area contributed by atoms with E-state index in [9.17, 15) is 4.79 Å². The Bertz CT molecular complexity index is 625. The minimum Gasteiger partial charge on any atom is -0.344 e. The van der Waals surface area contributed by atoms with Crippen molar-refractivity contribution < 1.29 is 4.79 Å². The Kier molecular flexibility index (Phi) is 7.68. The van der Waals surface area contributed by atoms with E-state index in [0.717, 1.165) is 17.0 Å². The van der Waals surface area contributed by atoms with Crippen molar-refractivity contribution in [2.24, 2.45) is 11.7 Å². The molecule has 1 atom stereocenters. The van der Waals surface area contributed by atoms with Crippen LogP contribution in [0.2, 0.25) is 0 Å². The van der Waals surface area contributed by atoms with Crippen molar-refractivity contribution in [2.75, 3.05) is 0 Å². The number of halogens is 1. The Hall–Kier alpha value is -1.43. The van der Waals surface area contributed by atoms with Crippen LogP contribution in [-0.4, -0.2) is 10.9 Å². The third-order valence-electron chi connectivity index (χ3n) is 3.43. The van der Waals surface area contributed by atoms with E-state index in [1.807, 2.05) is 6.92 Å². The molecule has 0 spiro atoms. The number of hydrogen-bond donors (Lipinski definition) is 2. The maximum absolute atomic E-state index is 12.2. The van der Waals surface area contributed by atoms with Crippen LogP contribution in [0.15, 0.2) is 29.6 Å². The van der Waals surface area contributed by atoms with E-state index in [1.165, 1.54) is 16.9 Å². The molecule has 1 heterocycles. The fourth-order valence-electron chi connectivity index (χ4n) is 2.28. The number of nitrogens with two attached hydrogens (primary N) is 1. The molecule has 3 N–H and O–H groups in total. The predicted molar refractivity (Wildman–Crippen MR) is 98.1 cm³/mol. The first-order valence-corrected chi connectivity index (χ1v) is 8.41. The highest BCUT2D eigenvalue weighted by molar-refractivity contribution is 7.09. The summed E-state index contributed by atoms with van der Waals surface area (Å²) < 4.78 is 0. The van der Waals surface area contributed by atoms with Crippen LogP contribution in [0.3, 0.4) is 0 Å². The van der Waals surface area contributed by atoms with Crippen molar-refractivity contribution in [3.05, 3.63) is 51.5 Å². The van der Waals surface area contributed by atoms with Crippen LogP contribution < -0.4 is 11.1 Å². The lowest BCUT2D eigenvalue weighted by atomic mass is 10.00. The summed E-state index contributed by atoms with van der Waals surface area (Å²) in [6.45, 7) is 6.76. The predicted octanol–water partition coefficient (Wildman–Crippen LogP) is 3.71. The molecule has 1 aromatic carbocycles. The lowest BCUT2D eigenvalue weighted by Gasteiger charge is -2.14. The van der Waals surface area contributed by atoms with Crippen molar-refractivity contribution in [1.29, 1.82) is 0 Å². The molecule has 0 saturated carbocycles. The summed E-state index contributed by atoms with van der Waals surface area (Å²) in [6.07, 6.45) is 1.07. The van der Waals surface area contributed by atoms with E-state index in [-0.39, 0.29) is 24.4 Å². The molecule has 2 aromatic rings. The van der Waals surface area contributed by atoms with Gasteiger partial charge in [-0.15, -0.1) is 23.7 Å². The number of rotatable bonds is 6. The molecule has 1 aromatic heterocycles. The number of hydrogen-bond acceptors (Lipinski definition) is 4. The van der Waals surface area contributed by atoms with Crippen LogP contribution in [0, 0.1) is 5.92 Å². The summed E-state index contributed by atoms with van der Waals surface area (Å²) >= 11 is 1.41. The molecule has 0 saturated heterocycles. The van der Waals surface area contributed by atoms with Crippen LogP contribution in [0.5, 0.6) is 0 Å². The molecule has 0 aliphatic carbocycles. The molecule has 0 aliphatic heterocycles. The highest BCUT2D eigenvalue weighted by Crippen LogP contribution is 2.17. The molecule has 23 heavy (non-hydrogen) atoms. The Morgan fingerprint density at radius 1 is 1.26 bits per heavy atom. The minimum absolute atomic E-state index is 0. The highest BCUT2D eigenvalue weighted by Gasteiger charge is 2.14. The zero-order valence-electron chi connectivity index (χ0n) is 13.7. The zero-order chi connectivity index (χ0) is 16.1. The average molecular weight is 354 g/mol. The number of amides is 1. The molecule has 1 amide bonds. The van der Waals surface area contributed by atoms with Crippen LogP contribution in [0.25, 0.3) is 0 Å². The molecular formula is C17H24ClN3OS. The van der Waals surface area contributed by atoms with Gasteiger partial charge in [-0.25, -0.2) is 4.98 Å². The number of benzene rings is 1. The third-order valence-corrected chi connectivity index (χ3v) is 4.30. The number of nitrogens with zero attached hydrogens (tertiary/aromatic N) is 1. The van der Waals surface area contributed by atoms with Gasteiger partial charge in [-0.1, -0.05) is 38.1 Å². The summed E-state index contributed by atoms with van der Waals surface area (Å²) in [7, 11) is 0. The molecule has 0 bridgehead atoms. The Balaban J connectivity index is 0.00000264. The molecular weight excluding hydrogens is 330 g/mol. The molecule has 2 rings (SSSR count). The fourth-order valence-corrected chi connectivity index (χ4v) is 2.93. The lowest BCUT2D eigenvalue weighted by molar-refractivity contribution is 0.0935. The van der Waals surface area contributed by atoms with Gasteiger partial charge in [0.05, 0.1) is 6.04 Å². The van der Waals surface area contributed by atoms with E-state index in [2.05, 4.69) is 48.4 Å². The van der Waals surface area contributed by atoms with E-state index >= 15 is 0 Å². The zero-order valence-corrected chi connectivity index (χ0v) is 15.3. The van der Waals surface area contributed by atoms with Crippen molar-refractivity contribution in [2.45, 2.75) is 39.8 Å². The second kappa shape index (κ2) is 9.01. The van der Waals surface area contributed by atoms with Gasteiger partial charge in [0, 0.05) is 11.9 Å². The fraction of sp³-hybridized carbons (Fsp3) is 0.412. The van der Waals surface area contributed by atoms with Crippen LogP contribution in [-0.2, 0) is 13.0 Å². The second-order valence-corrected chi connectivity index (χ2v) is 6.81. The van der Waals surface area contributed by atoms with Gasteiger partial charge in [-0.2, -0.15) is 0 Å². The Morgan fingerprint density at radius 2 is 1.91 bits per heavy atom. The number of nitrogens with one attached hydrogen (secondary N) is 1. The Labute approximate surface area is 147 Å². The van der Waals surface area contributed by atoms with Gasteiger partial charge in [0.1, 0.15) is 10.7 Å². The summed E-state index contributed by atoms with van der Waals surface area (Å²) in [5.74, 6) is 0.485. The minimum atomic E-state index is -0.158. The smallest absolute Gasteiger partial charge is 0.271 e. The molecule has 4 nitrogen and oxygen atoms in total. The maximum Gasteiger partial charge on any atom is 0.271 e. The standard InChI is InChI=1S/C17H23N3OS.ClH/c1-11(2)8-13-4-6-14(7-5-13)12(3)19-17(21)15-10-22-16(9-18)20-15;/h4-7,10-12H,8-9,18H2,1-3H3,(H,19,21);1H. The van der Waals surface area contributed by atoms with Crippen molar-refractivity contribution >= 4 is 29.7 Å². The number of thiazole rings is 1. The van der Waals surface area contributed by atoms with Crippen molar-refractivity contribution in [1.82, 2.24) is 10.3 Å². The average Bonchev–Trinajstić information content (AvgIpc) is 2.96. The largest absolute Gasteiger partial charge is 0.344 e.